The fourth-order valence-corrected chi connectivity index (χ4v) is 2.94. The Kier molecular flexibility index (Phi) is 5.23. The summed E-state index contributed by atoms with van der Waals surface area (Å²) in [5.41, 5.74) is 1.39. The summed E-state index contributed by atoms with van der Waals surface area (Å²) in [5, 5.41) is 3.42. The topological polar surface area (TPSA) is 24.5 Å². The van der Waals surface area contributed by atoms with Crippen LogP contribution in [0.3, 0.4) is 0 Å². The molecule has 3 heteroatoms. The molecule has 1 aliphatic rings. The van der Waals surface area contributed by atoms with Gasteiger partial charge in [-0.25, -0.2) is 0 Å². The molecule has 0 radical (unpaired) electrons. The van der Waals surface area contributed by atoms with Gasteiger partial charge >= 0.3 is 0 Å². The Hall–Kier alpha value is -1.06. The van der Waals surface area contributed by atoms with Crippen LogP contribution in [0.15, 0.2) is 24.3 Å². The van der Waals surface area contributed by atoms with Crippen LogP contribution < -0.4 is 10.1 Å². The van der Waals surface area contributed by atoms with E-state index in [9.17, 15) is 0 Å². The zero-order valence-electron chi connectivity index (χ0n) is 12.4. The standard InChI is InChI=1S/C16H26N2O/c1-13-12-18(11-9-16(13)17-2)10-8-14-4-6-15(19-3)7-5-14/h4-7,13,16-17H,8-12H2,1-3H3. The number of benzene rings is 1. The van der Waals surface area contributed by atoms with E-state index in [-0.39, 0.29) is 0 Å². The highest BCUT2D eigenvalue weighted by molar-refractivity contribution is 5.27. The molecule has 1 N–H and O–H groups in total. The highest BCUT2D eigenvalue weighted by Crippen LogP contribution is 2.17. The van der Waals surface area contributed by atoms with E-state index in [1.54, 1.807) is 7.11 Å². The summed E-state index contributed by atoms with van der Waals surface area (Å²) in [6.07, 6.45) is 2.39. The largest absolute Gasteiger partial charge is 0.497 e. The van der Waals surface area contributed by atoms with E-state index < -0.39 is 0 Å². The Balaban J connectivity index is 1.79. The number of likely N-dealkylation sites (tertiary alicyclic amines) is 1. The summed E-state index contributed by atoms with van der Waals surface area (Å²) in [6, 6.07) is 9.12. The number of hydrogen-bond acceptors (Lipinski definition) is 3. The zero-order chi connectivity index (χ0) is 13.7. The maximum Gasteiger partial charge on any atom is 0.118 e. The van der Waals surface area contributed by atoms with Gasteiger partial charge in [0.2, 0.25) is 0 Å². The van der Waals surface area contributed by atoms with Crippen LogP contribution in [0.25, 0.3) is 0 Å². The van der Waals surface area contributed by atoms with Gasteiger partial charge in [0.05, 0.1) is 7.11 Å². The lowest BCUT2D eigenvalue weighted by Crippen LogP contribution is -2.47. The zero-order valence-corrected chi connectivity index (χ0v) is 12.4. The third-order valence-electron chi connectivity index (χ3n) is 4.24. The fraction of sp³-hybridized carbons (Fsp3) is 0.625. The molecule has 106 valence electrons. The van der Waals surface area contributed by atoms with Crippen molar-refractivity contribution in [2.45, 2.75) is 25.8 Å². The molecule has 0 amide bonds. The first kappa shape index (κ1) is 14.4. The van der Waals surface area contributed by atoms with Gasteiger partial charge in [-0.1, -0.05) is 19.1 Å². The van der Waals surface area contributed by atoms with Gasteiger partial charge in [0.15, 0.2) is 0 Å². The van der Waals surface area contributed by atoms with Gasteiger partial charge in [-0.3, -0.25) is 0 Å². The van der Waals surface area contributed by atoms with E-state index in [1.807, 2.05) is 12.1 Å². The van der Waals surface area contributed by atoms with E-state index in [2.05, 4.69) is 36.3 Å². The SMILES string of the molecule is CNC1CCN(CCc2ccc(OC)cc2)CC1C. The number of piperidine rings is 1. The molecule has 1 saturated heterocycles. The van der Waals surface area contributed by atoms with Gasteiger partial charge in [0.25, 0.3) is 0 Å². The quantitative estimate of drug-likeness (QED) is 0.880. The average molecular weight is 262 g/mol. The van der Waals surface area contributed by atoms with Gasteiger partial charge in [-0.2, -0.15) is 0 Å². The number of rotatable bonds is 5. The van der Waals surface area contributed by atoms with Crippen molar-refractivity contribution >= 4 is 0 Å². The van der Waals surface area contributed by atoms with Crippen molar-refractivity contribution in [3.05, 3.63) is 29.8 Å². The third-order valence-corrected chi connectivity index (χ3v) is 4.24. The average Bonchev–Trinajstić information content (AvgIpc) is 2.46. The Morgan fingerprint density at radius 1 is 1.32 bits per heavy atom. The second-order valence-electron chi connectivity index (χ2n) is 5.56. The first-order chi connectivity index (χ1) is 9.22. The third kappa shape index (κ3) is 3.95. The summed E-state index contributed by atoms with van der Waals surface area (Å²) in [6.45, 7) is 5.93. The van der Waals surface area contributed by atoms with Gasteiger partial charge in [-0.05, 0) is 50.0 Å². The maximum atomic E-state index is 5.18. The Labute approximate surface area is 116 Å². The molecule has 1 fully saturated rings. The van der Waals surface area contributed by atoms with Crippen molar-refractivity contribution in [3.8, 4) is 5.75 Å². The van der Waals surface area contributed by atoms with Gasteiger partial charge in [0.1, 0.15) is 5.75 Å². The van der Waals surface area contributed by atoms with E-state index in [0.717, 1.165) is 24.6 Å². The van der Waals surface area contributed by atoms with Crippen LogP contribution in [0.2, 0.25) is 0 Å². The van der Waals surface area contributed by atoms with Crippen molar-refractivity contribution in [2.75, 3.05) is 33.8 Å². The van der Waals surface area contributed by atoms with Gasteiger partial charge in [-0.15, -0.1) is 0 Å². The summed E-state index contributed by atoms with van der Waals surface area (Å²) < 4.78 is 5.18. The molecule has 2 atom stereocenters. The van der Waals surface area contributed by atoms with E-state index in [1.165, 1.54) is 25.1 Å². The van der Waals surface area contributed by atoms with Crippen molar-refractivity contribution < 1.29 is 4.74 Å². The van der Waals surface area contributed by atoms with Crippen molar-refractivity contribution in [1.29, 1.82) is 0 Å². The first-order valence-corrected chi connectivity index (χ1v) is 7.25. The molecular formula is C16H26N2O. The minimum atomic E-state index is 0.692. The minimum Gasteiger partial charge on any atom is -0.497 e. The van der Waals surface area contributed by atoms with Gasteiger partial charge < -0.3 is 15.0 Å². The van der Waals surface area contributed by atoms with E-state index in [4.69, 9.17) is 4.74 Å². The van der Waals surface area contributed by atoms with Crippen LogP contribution in [0.5, 0.6) is 5.75 Å². The lowest BCUT2D eigenvalue weighted by molar-refractivity contribution is 0.153. The molecule has 19 heavy (non-hydrogen) atoms. The smallest absolute Gasteiger partial charge is 0.118 e. The minimum absolute atomic E-state index is 0.692. The monoisotopic (exact) mass is 262 g/mol. The van der Waals surface area contributed by atoms with Crippen LogP contribution in [0.1, 0.15) is 18.9 Å². The van der Waals surface area contributed by atoms with Crippen molar-refractivity contribution in [3.63, 3.8) is 0 Å². The Morgan fingerprint density at radius 3 is 2.63 bits per heavy atom. The molecule has 1 aromatic rings. The van der Waals surface area contributed by atoms with Crippen LogP contribution in [0, 0.1) is 5.92 Å². The molecule has 0 spiro atoms. The normalized spacial score (nSPS) is 24.4. The van der Waals surface area contributed by atoms with Crippen LogP contribution in [-0.2, 0) is 6.42 Å². The molecule has 1 aliphatic heterocycles. The summed E-state index contributed by atoms with van der Waals surface area (Å²) in [5.74, 6) is 1.68. The number of nitrogens with one attached hydrogen (secondary N) is 1. The molecular weight excluding hydrogens is 236 g/mol. The molecule has 1 heterocycles. The Morgan fingerprint density at radius 2 is 2.05 bits per heavy atom. The molecule has 0 saturated carbocycles. The number of ether oxygens (including phenoxy) is 1. The highest BCUT2D eigenvalue weighted by atomic mass is 16.5. The van der Waals surface area contributed by atoms with Crippen LogP contribution >= 0.6 is 0 Å². The predicted molar refractivity (Wildman–Crippen MR) is 79.8 cm³/mol. The van der Waals surface area contributed by atoms with Crippen molar-refractivity contribution in [1.82, 2.24) is 10.2 Å². The van der Waals surface area contributed by atoms with Crippen molar-refractivity contribution in [2.24, 2.45) is 5.92 Å². The van der Waals surface area contributed by atoms with Crippen LogP contribution in [-0.4, -0.2) is 44.7 Å². The van der Waals surface area contributed by atoms with E-state index >= 15 is 0 Å². The summed E-state index contributed by atoms with van der Waals surface area (Å²) >= 11 is 0. The number of nitrogens with zero attached hydrogens (tertiary/aromatic N) is 1. The second-order valence-corrected chi connectivity index (χ2v) is 5.56. The molecule has 1 aromatic carbocycles. The highest BCUT2D eigenvalue weighted by Gasteiger charge is 2.24. The molecule has 0 aliphatic carbocycles. The lowest BCUT2D eigenvalue weighted by Gasteiger charge is -2.36. The summed E-state index contributed by atoms with van der Waals surface area (Å²) in [7, 11) is 3.79. The molecule has 0 bridgehead atoms. The molecule has 3 nitrogen and oxygen atoms in total. The number of methoxy groups -OCH3 is 1. The molecule has 2 rings (SSSR count). The van der Waals surface area contributed by atoms with Crippen LogP contribution in [0.4, 0.5) is 0 Å². The summed E-state index contributed by atoms with van der Waals surface area (Å²) in [4.78, 5) is 2.59. The number of hydrogen-bond donors (Lipinski definition) is 1. The predicted octanol–water partition coefficient (Wildman–Crippen LogP) is 2.17. The van der Waals surface area contributed by atoms with E-state index in [0.29, 0.717) is 6.04 Å². The molecule has 2 unspecified atom stereocenters. The Bertz CT molecular complexity index is 377. The molecule has 0 aromatic heterocycles. The second kappa shape index (κ2) is 6.92. The fourth-order valence-electron chi connectivity index (χ4n) is 2.94. The lowest BCUT2D eigenvalue weighted by atomic mass is 9.94. The van der Waals surface area contributed by atoms with Gasteiger partial charge in [0, 0.05) is 19.1 Å². The first-order valence-electron chi connectivity index (χ1n) is 7.25. The maximum absolute atomic E-state index is 5.18.